The molecule has 2 aromatic rings. The minimum Gasteiger partial charge on any atom is -0.379 e. The molecule has 0 fully saturated rings. The average Bonchev–Trinajstić information content (AvgIpc) is 2.43. The van der Waals surface area contributed by atoms with Gasteiger partial charge in [-0.1, -0.05) is 29.4 Å². The Hall–Kier alpha value is -1.33. The Morgan fingerprint density at radius 3 is 2.33 bits per heavy atom. The number of thioether (sulfide) groups is 1. The van der Waals surface area contributed by atoms with Crippen molar-refractivity contribution in [2.75, 3.05) is 5.32 Å². The van der Waals surface area contributed by atoms with E-state index in [0.717, 1.165) is 11.3 Å². The smallest absolute Gasteiger partial charge is 0.288 e. The zero-order valence-corrected chi connectivity index (χ0v) is 12.7. The largest absolute Gasteiger partial charge is 0.379 e. The van der Waals surface area contributed by atoms with E-state index in [0.29, 0.717) is 16.7 Å². The van der Waals surface area contributed by atoms with Gasteiger partial charge in [0.05, 0.1) is 5.02 Å². The highest BCUT2D eigenvalue weighted by Gasteiger charge is 2.09. The fourth-order valence-corrected chi connectivity index (χ4v) is 2.54. The number of rotatable bonds is 5. The first-order valence-electron chi connectivity index (χ1n) is 6.22. The lowest BCUT2D eigenvalue weighted by Crippen LogP contribution is -2.06. The van der Waals surface area contributed by atoms with Crippen molar-refractivity contribution in [2.45, 2.75) is 23.6 Å². The number of anilines is 1. The van der Waals surface area contributed by atoms with Gasteiger partial charge in [0.2, 0.25) is 0 Å². The quantitative estimate of drug-likeness (QED) is 0.678. The summed E-state index contributed by atoms with van der Waals surface area (Å²) >= 11 is 6.26. The van der Waals surface area contributed by atoms with Crippen molar-refractivity contribution in [1.29, 1.82) is 0 Å². The van der Waals surface area contributed by atoms with Crippen LogP contribution in [0, 0.1) is 5.82 Å². The van der Waals surface area contributed by atoms with Crippen LogP contribution in [0.1, 0.15) is 18.5 Å². The maximum Gasteiger partial charge on any atom is 0.288 e. The van der Waals surface area contributed by atoms with Crippen LogP contribution >= 0.6 is 23.4 Å². The van der Waals surface area contributed by atoms with E-state index < -0.39 is 11.6 Å². The second-order valence-electron chi connectivity index (χ2n) is 4.44. The molecule has 0 aliphatic rings. The van der Waals surface area contributed by atoms with Crippen LogP contribution in [0.15, 0.2) is 47.4 Å². The van der Waals surface area contributed by atoms with Crippen molar-refractivity contribution in [3.8, 4) is 0 Å². The third-order valence-corrected chi connectivity index (χ3v) is 3.92. The fraction of sp³-hybridized carbons (Fsp3) is 0.200. The van der Waals surface area contributed by atoms with Crippen LogP contribution in [0.2, 0.25) is 5.02 Å². The first-order valence-corrected chi connectivity index (χ1v) is 7.48. The van der Waals surface area contributed by atoms with Gasteiger partial charge in [-0.25, -0.2) is 4.39 Å². The normalized spacial score (nSPS) is 12.5. The molecule has 0 amide bonds. The summed E-state index contributed by atoms with van der Waals surface area (Å²) in [5.74, 6) is -2.88. The highest BCUT2D eigenvalue weighted by atomic mass is 35.5. The van der Waals surface area contributed by atoms with Crippen LogP contribution in [-0.4, -0.2) is 5.76 Å². The van der Waals surface area contributed by atoms with Crippen molar-refractivity contribution in [3.63, 3.8) is 0 Å². The molecule has 0 spiro atoms. The van der Waals surface area contributed by atoms with Gasteiger partial charge in [0, 0.05) is 16.6 Å². The Bertz CT molecular complexity index is 604. The lowest BCUT2D eigenvalue weighted by molar-refractivity contribution is 0.252. The van der Waals surface area contributed by atoms with Crippen molar-refractivity contribution < 1.29 is 13.2 Å². The van der Waals surface area contributed by atoms with Gasteiger partial charge in [0.15, 0.2) is 0 Å². The highest BCUT2D eigenvalue weighted by molar-refractivity contribution is 7.99. The summed E-state index contributed by atoms with van der Waals surface area (Å²) in [6.45, 7) is 1.91. The molecule has 21 heavy (non-hydrogen) atoms. The molecule has 112 valence electrons. The Morgan fingerprint density at radius 2 is 1.76 bits per heavy atom. The number of hydrogen-bond donors (Lipinski definition) is 1. The molecule has 1 unspecified atom stereocenters. The molecule has 0 saturated carbocycles. The van der Waals surface area contributed by atoms with Gasteiger partial charge in [-0.15, -0.1) is 0 Å². The molecule has 1 N–H and O–H groups in total. The first-order chi connectivity index (χ1) is 9.95. The standard InChI is InChI=1S/C15H13ClF3NS/c1-9(10-2-7-14(17)13(16)8-10)20-11-3-5-12(6-4-11)21-15(18)19/h2-9,15,20H,1H3. The van der Waals surface area contributed by atoms with E-state index in [2.05, 4.69) is 5.32 Å². The summed E-state index contributed by atoms with van der Waals surface area (Å²) < 4.78 is 37.6. The molecule has 1 nitrogen and oxygen atoms in total. The molecule has 0 heterocycles. The lowest BCUT2D eigenvalue weighted by Gasteiger charge is -2.16. The molecule has 1 atom stereocenters. The van der Waals surface area contributed by atoms with E-state index in [4.69, 9.17) is 11.6 Å². The molecule has 0 saturated heterocycles. The Balaban J connectivity index is 2.04. The summed E-state index contributed by atoms with van der Waals surface area (Å²) in [5.41, 5.74) is 1.63. The molecule has 0 aromatic heterocycles. The predicted octanol–water partition coefficient (Wildman–Crippen LogP) is 5.97. The number of nitrogens with one attached hydrogen (secondary N) is 1. The molecule has 0 aliphatic carbocycles. The van der Waals surface area contributed by atoms with Gasteiger partial charge in [0.1, 0.15) is 5.82 Å². The van der Waals surface area contributed by atoms with Crippen LogP contribution in [0.25, 0.3) is 0 Å². The summed E-state index contributed by atoms with van der Waals surface area (Å²) in [6, 6.07) is 11.2. The molecular weight excluding hydrogens is 319 g/mol. The molecule has 0 bridgehead atoms. The number of benzene rings is 2. The van der Waals surface area contributed by atoms with Crippen molar-refractivity contribution in [2.24, 2.45) is 0 Å². The summed E-state index contributed by atoms with van der Waals surface area (Å²) in [5, 5.41) is 3.28. The summed E-state index contributed by atoms with van der Waals surface area (Å²) in [6.07, 6.45) is 0. The lowest BCUT2D eigenvalue weighted by atomic mass is 10.1. The maximum absolute atomic E-state index is 13.1. The van der Waals surface area contributed by atoms with Crippen LogP contribution in [-0.2, 0) is 0 Å². The van der Waals surface area contributed by atoms with Crippen molar-refractivity contribution in [1.82, 2.24) is 0 Å². The Morgan fingerprint density at radius 1 is 1.10 bits per heavy atom. The predicted molar refractivity (Wildman–Crippen MR) is 81.8 cm³/mol. The number of halogens is 4. The average molecular weight is 332 g/mol. The molecule has 0 radical (unpaired) electrons. The number of hydrogen-bond acceptors (Lipinski definition) is 2. The number of alkyl halides is 2. The second kappa shape index (κ2) is 7.09. The van der Waals surface area contributed by atoms with E-state index in [1.54, 1.807) is 36.4 Å². The van der Waals surface area contributed by atoms with Crippen molar-refractivity contribution in [3.05, 3.63) is 58.9 Å². The second-order valence-corrected chi connectivity index (χ2v) is 5.91. The summed E-state index contributed by atoms with van der Waals surface area (Å²) in [7, 11) is 0. The van der Waals surface area contributed by atoms with Gasteiger partial charge < -0.3 is 5.32 Å². The Kier molecular flexibility index (Phi) is 5.42. The van der Waals surface area contributed by atoms with E-state index >= 15 is 0 Å². The summed E-state index contributed by atoms with van der Waals surface area (Å²) in [4.78, 5) is 0.507. The van der Waals surface area contributed by atoms with E-state index in [1.165, 1.54) is 6.07 Å². The monoisotopic (exact) mass is 331 g/mol. The zero-order chi connectivity index (χ0) is 15.4. The van der Waals surface area contributed by atoms with Gasteiger partial charge >= 0.3 is 0 Å². The fourth-order valence-electron chi connectivity index (χ4n) is 1.85. The van der Waals surface area contributed by atoms with Gasteiger partial charge in [-0.2, -0.15) is 8.78 Å². The van der Waals surface area contributed by atoms with E-state index in [1.807, 2.05) is 6.92 Å². The minimum absolute atomic E-state index is 0.0739. The Labute approximate surface area is 130 Å². The molecule has 0 aliphatic heterocycles. The third kappa shape index (κ3) is 4.58. The van der Waals surface area contributed by atoms with Crippen LogP contribution in [0.3, 0.4) is 0 Å². The molecule has 2 aromatic carbocycles. The van der Waals surface area contributed by atoms with Crippen molar-refractivity contribution >= 4 is 29.1 Å². The molecule has 6 heteroatoms. The van der Waals surface area contributed by atoms with Gasteiger partial charge in [-0.3, -0.25) is 0 Å². The SMILES string of the molecule is CC(Nc1ccc(SC(F)F)cc1)c1ccc(F)c(Cl)c1. The highest BCUT2D eigenvalue weighted by Crippen LogP contribution is 2.28. The van der Waals surface area contributed by atoms with E-state index in [-0.39, 0.29) is 11.1 Å². The van der Waals surface area contributed by atoms with Crippen LogP contribution in [0.4, 0.5) is 18.9 Å². The van der Waals surface area contributed by atoms with Crippen LogP contribution in [0.5, 0.6) is 0 Å². The third-order valence-electron chi connectivity index (χ3n) is 2.91. The topological polar surface area (TPSA) is 12.0 Å². The molecule has 2 rings (SSSR count). The van der Waals surface area contributed by atoms with E-state index in [9.17, 15) is 13.2 Å². The molecular formula is C15H13ClF3NS. The maximum atomic E-state index is 13.1. The zero-order valence-electron chi connectivity index (χ0n) is 11.1. The van der Waals surface area contributed by atoms with Crippen LogP contribution < -0.4 is 5.32 Å². The first kappa shape index (κ1) is 16.0. The van der Waals surface area contributed by atoms with Gasteiger partial charge in [0.25, 0.3) is 5.76 Å². The minimum atomic E-state index is -2.43. The van der Waals surface area contributed by atoms with Gasteiger partial charge in [-0.05, 0) is 48.9 Å².